The summed E-state index contributed by atoms with van der Waals surface area (Å²) in [6.07, 6.45) is 0. The van der Waals surface area contributed by atoms with Crippen LogP contribution in [0.1, 0.15) is 13.8 Å². The van der Waals surface area contributed by atoms with E-state index in [2.05, 4.69) is 4.72 Å². The molecule has 1 aromatic carbocycles. The van der Waals surface area contributed by atoms with Crippen molar-refractivity contribution in [3.05, 3.63) is 24.3 Å². The third-order valence-electron chi connectivity index (χ3n) is 2.26. The first-order valence-electron chi connectivity index (χ1n) is 5.12. The van der Waals surface area contributed by atoms with E-state index >= 15 is 0 Å². The van der Waals surface area contributed by atoms with Gasteiger partial charge in [0.15, 0.2) is 0 Å². The molecule has 0 saturated carbocycles. The Balaban J connectivity index is 3.07. The van der Waals surface area contributed by atoms with Crippen LogP contribution in [0.25, 0.3) is 0 Å². The van der Waals surface area contributed by atoms with Gasteiger partial charge >= 0.3 is 0 Å². The number of nitrogens with zero attached hydrogens (tertiary/aromatic N) is 1. The number of rotatable bonds is 4. The Morgan fingerprint density at radius 1 is 1.19 bits per heavy atom. The molecule has 0 aliphatic rings. The molecule has 0 unspecified atom stereocenters. The summed E-state index contributed by atoms with van der Waals surface area (Å²) in [5, 5.41) is -0.442. The molecule has 0 amide bonds. The number of hydrogen-bond donors (Lipinski definition) is 1. The van der Waals surface area contributed by atoms with E-state index in [0.717, 1.165) is 5.69 Å². The lowest BCUT2D eigenvalue weighted by molar-refractivity contribution is 0.593. The quantitative estimate of drug-likeness (QED) is 0.877. The molecule has 0 bridgehead atoms. The third-order valence-corrected chi connectivity index (χ3v) is 4.00. The lowest BCUT2D eigenvalue weighted by Crippen LogP contribution is -2.23. The fourth-order valence-corrected chi connectivity index (χ4v) is 1.94. The van der Waals surface area contributed by atoms with E-state index in [1.807, 2.05) is 37.2 Å². The largest absolute Gasteiger partial charge is 0.376 e. The van der Waals surface area contributed by atoms with Crippen LogP contribution in [0, 0.1) is 0 Å². The van der Waals surface area contributed by atoms with Crippen molar-refractivity contribution in [1.82, 2.24) is 0 Å². The molecule has 0 fully saturated rings. The second-order valence-corrected chi connectivity index (χ2v) is 6.34. The molecule has 0 aromatic heterocycles. The Morgan fingerprint density at radius 3 is 2.25 bits per heavy atom. The zero-order valence-corrected chi connectivity index (χ0v) is 10.9. The van der Waals surface area contributed by atoms with Gasteiger partial charge in [-0.05, 0) is 26.0 Å². The first-order valence-corrected chi connectivity index (χ1v) is 6.67. The Labute approximate surface area is 97.3 Å². The van der Waals surface area contributed by atoms with Gasteiger partial charge in [0.25, 0.3) is 0 Å². The van der Waals surface area contributed by atoms with Crippen LogP contribution < -0.4 is 9.62 Å². The Bertz CT molecular complexity index is 453. The highest BCUT2D eigenvalue weighted by atomic mass is 32.2. The fourth-order valence-electron chi connectivity index (χ4n) is 1.22. The molecule has 5 heteroatoms. The molecule has 0 aliphatic carbocycles. The zero-order chi connectivity index (χ0) is 12.3. The van der Waals surface area contributed by atoms with Crippen molar-refractivity contribution < 1.29 is 8.42 Å². The third kappa shape index (κ3) is 2.88. The van der Waals surface area contributed by atoms with Gasteiger partial charge in [-0.2, -0.15) is 0 Å². The summed E-state index contributed by atoms with van der Waals surface area (Å²) in [7, 11) is 0.471. The number of nitrogens with one attached hydrogen (secondary N) is 1. The van der Waals surface area contributed by atoms with Gasteiger partial charge in [0.05, 0.1) is 16.6 Å². The molecular weight excluding hydrogens is 224 g/mol. The molecule has 0 saturated heterocycles. The highest BCUT2D eigenvalue weighted by Crippen LogP contribution is 2.25. The maximum absolute atomic E-state index is 11.7. The van der Waals surface area contributed by atoms with E-state index in [1.165, 1.54) is 0 Å². The van der Waals surface area contributed by atoms with Crippen molar-refractivity contribution >= 4 is 21.4 Å². The molecule has 90 valence electrons. The average molecular weight is 242 g/mol. The van der Waals surface area contributed by atoms with Crippen molar-refractivity contribution in [2.24, 2.45) is 0 Å². The van der Waals surface area contributed by atoms with E-state index in [4.69, 9.17) is 0 Å². The van der Waals surface area contributed by atoms with Crippen molar-refractivity contribution in [3.8, 4) is 0 Å². The standard InChI is InChI=1S/C11H18N2O2S/c1-9(2)16(14,15)12-10-7-5-6-8-11(10)13(3)4/h5-9,12H,1-4H3. The lowest BCUT2D eigenvalue weighted by atomic mass is 10.2. The number of para-hydroxylation sites is 2. The predicted molar refractivity (Wildman–Crippen MR) is 68.4 cm³/mol. The normalized spacial score (nSPS) is 11.6. The maximum Gasteiger partial charge on any atom is 0.235 e. The van der Waals surface area contributed by atoms with Crippen molar-refractivity contribution in [2.45, 2.75) is 19.1 Å². The van der Waals surface area contributed by atoms with Crippen molar-refractivity contribution in [1.29, 1.82) is 0 Å². The van der Waals surface area contributed by atoms with Crippen LogP contribution in [0.5, 0.6) is 0 Å². The summed E-state index contributed by atoms with van der Waals surface area (Å²) in [6, 6.07) is 7.32. The zero-order valence-electron chi connectivity index (χ0n) is 10.1. The summed E-state index contributed by atoms with van der Waals surface area (Å²) in [6.45, 7) is 3.31. The molecule has 0 heterocycles. The van der Waals surface area contributed by atoms with Crippen molar-refractivity contribution in [2.75, 3.05) is 23.7 Å². The average Bonchev–Trinajstić information content (AvgIpc) is 2.17. The van der Waals surface area contributed by atoms with Gasteiger partial charge in [0, 0.05) is 14.1 Å². The Hall–Kier alpha value is -1.23. The summed E-state index contributed by atoms with van der Waals surface area (Å²) in [5.74, 6) is 0. The number of benzene rings is 1. The lowest BCUT2D eigenvalue weighted by Gasteiger charge is -2.19. The number of anilines is 2. The number of hydrogen-bond acceptors (Lipinski definition) is 3. The minimum absolute atomic E-state index is 0.442. The second kappa shape index (κ2) is 4.74. The minimum Gasteiger partial charge on any atom is -0.376 e. The van der Waals surface area contributed by atoms with E-state index in [9.17, 15) is 8.42 Å². The van der Waals surface area contributed by atoms with Gasteiger partial charge < -0.3 is 4.90 Å². The van der Waals surface area contributed by atoms with E-state index in [1.54, 1.807) is 19.9 Å². The first kappa shape index (κ1) is 12.8. The summed E-state index contributed by atoms with van der Waals surface area (Å²) >= 11 is 0. The molecule has 4 nitrogen and oxygen atoms in total. The molecule has 1 N–H and O–H groups in total. The van der Waals surface area contributed by atoms with Crippen LogP contribution in [0.15, 0.2) is 24.3 Å². The van der Waals surface area contributed by atoms with Crippen LogP contribution in [-0.4, -0.2) is 27.8 Å². The van der Waals surface area contributed by atoms with Crippen LogP contribution in [0.3, 0.4) is 0 Å². The molecule has 0 aliphatic heterocycles. The maximum atomic E-state index is 11.7. The van der Waals surface area contributed by atoms with Gasteiger partial charge in [-0.15, -0.1) is 0 Å². The summed E-state index contributed by atoms with van der Waals surface area (Å²) in [4.78, 5) is 1.87. The van der Waals surface area contributed by atoms with Gasteiger partial charge in [0.1, 0.15) is 0 Å². The van der Waals surface area contributed by atoms with Crippen LogP contribution in [0.4, 0.5) is 11.4 Å². The number of sulfonamides is 1. The predicted octanol–water partition coefficient (Wildman–Crippen LogP) is 1.90. The van der Waals surface area contributed by atoms with Gasteiger partial charge in [-0.25, -0.2) is 8.42 Å². The first-order chi connectivity index (χ1) is 7.34. The molecule has 0 atom stereocenters. The summed E-state index contributed by atoms with van der Waals surface area (Å²) < 4.78 is 26.1. The smallest absolute Gasteiger partial charge is 0.235 e. The van der Waals surface area contributed by atoms with Gasteiger partial charge in [0.2, 0.25) is 10.0 Å². The summed E-state index contributed by atoms with van der Waals surface area (Å²) in [5.41, 5.74) is 1.47. The van der Waals surface area contributed by atoms with Crippen molar-refractivity contribution in [3.63, 3.8) is 0 Å². The van der Waals surface area contributed by atoms with E-state index in [0.29, 0.717) is 5.69 Å². The molecule has 1 aromatic rings. The molecule has 0 spiro atoms. The molecule has 0 radical (unpaired) electrons. The van der Waals surface area contributed by atoms with Gasteiger partial charge in [-0.3, -0.25) is 4.72 Å². The van der Waals surface area contributed by atoms with Gasteiger partial charge in [-0.1, -0.05) is 12.1 Å². The van der Waals surface area contributed by atoms with Crippen LogP contribution in [0.2, 0.25) is 0 Å². The van der Waals surface area contributed by atoms with Crippen LogP contribution >= 0.6 is 0 Å². The molecule has 16 heavy (non-hydrogen) atoms. The monoisotopic (exact) mass is 242 g/mol. The molecule has 1 rings (SSSR count). The van der Waals surface area contributed by atoms with E-state index < -0.39 is 15.3 Å². The Kier molecular flexibility index (Phi) is 3.80. The highest BCUT2D eigenvalue weighted by Gasteiger charge is 2.17. The second-order valence-electron chi connectivity index (χ2n) is 4.11. The minimum atomic E-state index is -3.28. The topological polar surface area (TPSA) is 49.4 Å². The fraction of sp³-hybridized carbons (Fsp3) is 0.455. The highest BCUT2D eigenvalue weighted by molar-refractivity contribution is 7.93. The Morgan fingerprint density at radius 2 is 1.75 bits per heavy atom. The SMILES string of the molecule is CC(C)S(=O)(=O)Nc1ccccc1N(C)C. The van der Waals surface area contributed by atoms with Crippen LogP contribution in [-0.2, 0) is 10.0 Å². The van der Waals surface area contributed by atoms with E-state index in [-0.39, 0.29) is 0 Å². The molecular formula is C11H18N2O2S.